The molecule has 0 bridgehead atoms. The van der Waals surface area contributed by atoms with Crippen molar-refractivity contribution >= 4 is 23.5 Å². The first-order chi connectivity index (χ1) is 12.9. The summed E-state index contributed by atoms with van der Waals surface area (Å²) < 4.78 is 10.5. The second-order valence-electron chi connectivity index (χ2n) is 6.63. The quantitative estimate of drug-likeness (QED) is 0.762. The fourth-order valence-corrected chi connectivity index (χ4v) is 2.76. The lowest BCUT2D eigenvalue weighted by Gasteiger charge is -2.11. The number of rotatable bonds is 6. The predicted octanol–water partition coefficient (Wildman–Crippen LogP) is 2.89. The van der Waals surface area contributed by atoms with E-state index in [0.29, 0.717) is 33.9 Å². The number of amides is 2. The minimum absolute atomic E-state index is 0.215. The number of hydrogen-bond acceptors (Lipinski definition) is 5. The average molecular weight is 370 g/mol. The summed E-state index contributed by atoms with van der Waals surface area (Å²) in [7, 11) is 0. The molecule has 27 heavy (non-hydrogen) atoms. The zero-order valence-corrected chi connectivity index (χ0v) is 15.5. The first kappa shape index (κ1) is 18.7. The number of furan rings is 1. The standard InChI is InChI=1S/C20H22N2O5/c1-11-12(2)27-13(3)18(11)20(25)26-10-17(23)22-16-7-5-4-6-15(16)19(24)21-14-8-9-14/h4-7,14H,8-10H2,1-3H3,(H,21,24)(H,22,23). The number of nitrogens with one attached hydrogen (secondary N) is 2. The molecule has 2 N–H and O–H groups in total. The number of ether oxygens (including phenoxy) is 1. The minimum atomic E-state index is -0.614. The van der Waals surface area contributed by atoms with Crippen LogP contribution in [0.5, 0.6) is 0 Å². The van der Waals surface area contributed by atoms with Gasteiger partial charge >= 0.3 is 5.97 Å². The van der Waals surface area contributed by atoms with E-state index in [-0.39, 0.29) is 11.9 Å². The molecule has 0 aliphatic heterocycles. The molecule has 7 heteroatoms. The van der Waals surface area contributed by atoms with Crippen molar-refractivity contribution in [1.29, 1.82) is 0 Å². The van der Waals surface area contributed by atoms with Crippen LogP contribution < -0.4 is 10.6 Å². The van der Waals surface area contributed by atoms with E-state index in [4.69, 9.17) is 9.15 Å². The summed E-state index contributed by atoms with van der Waals surface area (Å²) >= 11 is 0. The Morgan fingerprint density at radius 3 is 2.44 bits per heavy atom. The van der Waals surface area contributed by atoms with Crippen LogP contribution in [0.2, 0.25) is 0 Å². The highest BCUT2D eigenvalue weighted by Gasteiger charge is 2.25. The van der Waals surface area contributed by atoms with Gasteiger partial charge in [-0.3, -0.25) is 9.59 Å². The number of anilines is 1. The average Bonchev–Trinajstić information content (AvgIpc) is 3.39. The SMILES string of the molecule is Cc1oc(C)c(C(=O)OCC(=O)Nc2ccccc2C(=O)NC2CC2)c1C. The number of hydrogen-bond donors (Lipinski definition) is 2. The number of carbonyl (C=O) groups excluding carboxylic acids is 3. The Balaban J connectivity index is 1.61. The number of benzene rings is 1. The second kappa shape index (κ2) is 7.65. The van der Waals surface area contributed by atoms with Crippen molar-refractivity contribution in [3.8, 4) is 0 Å². The van der Waals surface area contributed by atoms with Crippen LogP contribution in [-0.2, 0) is 9.53 Å². The van der Waals surface area contributed by atoms with Gasteiger partial charge < -0.3 is 19.8 Å². The molecule has 2 amide bonds. The molecule has 1 aliphatic carbocycles. The van der Waals surface area contributed by atoms with E-state index < -0.39 is 18.5 Å². The van der Waals surface area contributed by atoms with Crippen LogP contribution in [0.3, 0.4) is 0 Å². The molecular weight excluding hydrogens is 348 g/mol. The van der Waals surface area contributed by atoms with Crippen LogP contribution >= 0.6 is 0 Å². The van der Waals surface area contributed by atoms with Crippen molar-refractivity contribution in [1.82, 2.24) is 5.32 Å². The summed E-state index contributed by atoms with van der Waals surface area (Å²) in [6.07, 6.45) is 1.95. The zero-order chi connectivity index (χ0) is 19.6. The summed E-state index contributed by atoms with van der Waals surface area (Å²) in [5.74, 6) is -0.273. The van der Waals surface area contributed by atoms with Gasteiger partial charge in [-0.15, -0.1) is 0 Å². The topological polar surface area (TPSA) is 97.6 Å². The monoisotopic (exact) mass is 370 g/mol. The van der Waals surface area contributed by atoms with Gasteiger partial charge in [-0.1, -0.05) is 12.1 Å². The van der Waals surface area contributed by atoms with E-state index in [1.54, 1.807) is 45.0 Å². The molecule has 7 nitrogen and oxygen atoms in total. The highest BCUT2D eigenvalue weighted by atomic mass is 16.5. The molecule has 1 fully saturated rings. The largest absolute Gasteiger partial charge is 0.465 e. The molecule has 0 radical (unpaired) electrons. The Morgan fingerprint density at radius 1 is 1.11 bits per heavy atom. The van der Waals surface area contributed by atoms with E-state index >= 15 is 0 Å². The molecule has 0 unspecified atom stereocenters. The number of para-hydroxylation sites is 1. The Labute approximate surface area is 157 Å². The van der Waals surface area contributed by atoms with Crippen molar-refractivity contribution in [3.05, 3.63) is 52.5 Å². The third kappa shape index (κ3) is 4.36. The van der Waals surface area contributed by atoms with Crippen molar-refractivity contribution in [3.63, 3.8) is 0 Å². The molecule has 1 saturated carbocycles. The molecule has 142 valence electrons. The van der Waals surface area contributed by atoms with E-state index in [1.807, 2.05) is 0 Å². The molecule has 2 aromatic rings. The lowest BCUT2D eigenvalue weighted by atomic mass is 10.1. The molecule has 0 spiro atoms. The molecule has 0 atom stereocenters. The van der Waals surface area contributed by atoms with Gasteiger partial charge in [0.25, 0.3) is 11.8 Å². The summed E-state index contributed by atoms with van der Waals surface area (Å²) in [6.45, 7) is 4.73. The number of esters is 1. The third-order valence-electron chi connectivity index (χ3n) is 4.46. The lowest BCUT2D eigenvalue weighted by molar-refractivity contribution is -0.119. The molecule has 0 saturated heterocycles. The van der Waals surface area contributed by atoms with Gasteiger partial charge in [0.15, 0.2) is 6.61 Å². The van der Waals surface area contributed by atoms with Gasteiger partial charge in [0.1, 0.15) is 17.1 Å². The lowest BCUT2D eigenvalue weighted by Crippen LogP contribution is -2.28. The second-order valence-corrected chi connectivity index (χ2v) is 6.63. The van der Waals surface area contributed by atoms with Crippen LogP contribution in [0, 0.1) is 20.8 Å². The fraction of sp³-hybridized carbons (Fsp3) is 0.350. The first-order valence-corrected chi connectivity index (χ1v) is 8.80. The van der Waals surface area contributed by atoms with Gasteiger partial charge in [0.05, 0.1) is 11.3 Å². The highest BCUT2D eigenvalue weighted by molar-refractivity contribution is 6.04. The van der Waals surface area contributed by atoms with E-state index in [9.17, 15) is 14.4 Å². The Hall–Kier alpha value is -3.09. The van der Waals surface area contributed by atoms with Gasteiger partial charge in [0, 0.05) is 11.6 Å². The maximum Gasteiger partial charge on any atom is 0.342 e. The van der Waals surface area contributed by atoms with Gasteiger partial charge in [-0.25, -0.2) is 4.79 Å². The van der Waals surface area contributed by atoms with Crippen LogP contribution in [-0.4, -0.2) is 30.4 Å². The summed E-state index contributed by atoms with van der Waals surface area (Å²) in [6, 6.07) is 6.93. The van der Waals surface area contributed by atoms with Crippen LogP contribution in [0.25, 0.3) is 0 Å². The van der Waals surface area contributed by atoms with Crippen LogP contribution in [0.4, 0.5) is 5.69 Å². The molecule has 3 rings (SSSR count). The first-order valence-electron chi connectivity index (χ1n) is 8.80. The Bertz CT molecular complexity index is 896. The number of aryl methyl sites for hydroxylation is 2. The van der Waals surface area contributed by atoms with Crippen molar-refractivity contribution in [2.45, 2.75) is 39.7 Å². The van der Waals surface area contributed by atoms with Gasteiger partial charge in [-0.05, 0) is 45.7 Å². The Kier molecular flexibility index (Phi) is 5.30. The minimum Gasteiger partial charge on any atom is -0.465 e. The summed E-state index contributed by atoms with van der Waals surface area (Å²) in [5.41, 5.74) is 1.79. The predicted molar refractivity (Wildman–Crippen MR) is 98.8 cm³/mol. The number of carbonyl (C=O) groups is 3. The van der Waals surface area contributed by atoms with E-state index in [2.05, 4.69) is 10.6 Å². The van der Waals surface area contributed by atoms with E-state index in [1.165, 1.54) is 0 Å². The molecule has 1 aliphatic rings. The normalized spacial score (nSPS) is 13.1. The van der Waals surface area contributed by atoms with E-state index in [0.717, 1.165) is 12.8 Å². The smallest absolute Gasteiger partial charge is 0.342 e. The van der Waals surface area contributed by atoms with Crippen LogP contribution in [0.15, 0.2) is 28.7 Å². The van der Waals surface area contributed by atoms with Crippen LogP contribution in [0.1, 0.15) is 50.6 Å². The fourth-order valence-electron chi connectivity index (χ4n) is 2.76. The highest BCUT2D eigenvalue weighted by Crippen LogP contribution is 2.22. The molecule has 1 aromatic heterocycles. The molecule has 1 aromatic carbocycles. The molecule has 1 heterocycles. The van der Waals surface area contributed by atoms with Gasteiger partial charge in [0.2, 0.25) is 0 Å². The van der Waals surface area contributed by atoms with Crippen molar-refractivity contribution < 1.29 is 23.5 Å². The van der Waals surface area contributed by atoms with Crippen molar-refractivity contribution in [2.75, 3.05) is 11.9 Å². The molecular formula is C20H22N2O5. The van der Waals surface area contributed by atoms with Gasteiger partial charge in [-0.2, -0.15) is 0 Å². The summed E-state index contributed by atoms with van der Waals surface area (Å²) in [5, 5.41) is 5.51. The Morgan fingerprint density at radius 2 is 1.81 bits per heavy atom. The summed E-state index contributed by atoms with van der Waals surface area (Å²) in [4.78, 5) is 36.7. The van der Waals surface area contributed by atoms with Crippen molar-refractivity contribution in [2.24, 2.45) is 0 Å². The maximum atomic E-state index is 12.3. The third-order valence-corrected chi connectivity index (χ3v) is 4.46. The zero-order valence-electron chi connectivity index (χ0n) is 15.5. The maximum absolute atomic E-state index is 12.3.